The van der Waals surface area contributed by atoms with Crippen molar-refractivity contribution in [2.75, 3.05) is 0 Å². The third kappa shape index (κ3) is 2.65. The molecule has 0 spiro atoms. The maximum atomic E-state index is 12.1. The molecular formula is C16H19N5O2. The smallest absolute Gasteiger partial charge is 0.368 e. The summed E-state index contributed by atoms with van der Waals surface area (Å²) in [5, 5.41) is 7.67. The second kappa shape index (κ2) is 5.75. The molecule has 0 saturated heterocycles. The van der Waals surface area contributed by atoms with E-state index in [0.29, 0.717) is 24.1 Å². The number of hydrogen-bond donors (Lipinski definition) is 0. The summed E-state index contributed by atoms with van der Waals surface area (Å²) in [7, 11) is 3.47. The number of tetrazole rings is 1. The molecule has 7 nitrogen and oxygen atoms in total. The SMILES string of the molecule is [3H]c1ccc(OCc2c(-n3nnn(C)c3=O)cn(C)c2C)c(C)c1. The molecule has 0 aliphatic rings. The van der Waals surface area contributed by atoms with Gasteiger partial charge in [0, 0.05) is 31.5 Å². The maximum Gasteiger partial charge on any atom is 0.368 e. The number of nitrogens with zero attached hydrogens (tertiary/aromatic N) is 5. The van der Waals surface area contributed by atoms with E-state index in [9.17, 15) is 4.79 Å². The van der Waals surface area contributed by atoms with E-state index in [1.807, 2.05) is 31.7 Å². The van der Waals surface area contributed by atoms with Crippen molar-refractivity contribution in [3.05, 3.63) is 57.7 Å². The predicted molar refractivity (Wildman–Crippen MR) is 85.8 cm³/mol. The molecule has 0 unspecified atom stereocenters. The standard InChI is InChI=1S/C16H19N5O2/c1-11-7-5-6-8-15(11)23-10-13-12(2)19(3)9-14(13)21-16(22)20(4)17-18-21/h5-9H,10H2,1-4H3/i5T. The van der Waals surface area contributed by atoms with Gasteiger partial charge in [0.05, 0.1) is 7.06 Å². The molecule has 3 aromatic rings. The Morgan fingerprint density at radius 3 is 2.70 bits per heavy atom. The van der Waals surface area contributed by atoms with Crippen LogP contribution < -0.4 is 10.4 Å². The quantitative estimate of drug-likeness (QED) is 0.732. The minimum atomic E-state index is -0.309. The molecular weight excluding hydrogens is 294 g/mol. The predicted octanol–water partition coefficient (Wildman–Crippen LogP) is 1.50. The minimum absolute atomic E-state index is 0.295. The molecule has 0 atom stereocenters. The van der Waals surface area contributed by atoms with Crippen molar-refractivity contribution >= 4 is 0 Å². The molecule has 23 heavy (non-hydrogen) atoms. The van der Waals surface area contributed by atoms with Crippen LogP contribution in [0.15, 0.2) is 35.2 Å². The van der Waals surface area contributed by atoms with Crippen molar-refractivity contribution in [1.29, 1.82) is 0 Å². The Morgan fingerprint density at radius 2 is 2.04 bits per heavy atom. The topological polar surface area (TPSA) is 66.9 Å². The van der Waals surface area contributed by atoms with Gasteiger partial charge in [0.25, 0.3) is 0 Å². The average molecular weight is 315 g/mol. The van der Waals surface area contributed by atoms with E-state index in [2.05, 4.69) is 10.4 Å². The summed E-state index contributed by atoms with van der Waals surface area (Å²) in [6.45, 7) is 4.16. The lowest BCUT2D eigenvalue weighted by molar-refractivity contribution is 0.302. The van der Waals surface area contributed by atoms with Crippen LogP contribution in [0.3, 0.4) is 0 Å². The molecule has 0 bridgehead atoms. The highest BCUT2D eigenvalue weighted by atomic mass is 16.5. The van der Waals surface area contributed by atoms with Gasteiger partial charge < -0.3 is 9.30 Å². The molecule has 1 aromatic carbocycles. The Labute approximate surface area is 135 Å². The Bertz CT molecular complexity index is 954. The summed E-state index contributed by atoms with van der Waals surface area (Å²) in [4.78, 5) is 12.1. The van der Waals surface area contributed by atoms with Crippen molar-refractivity contribution < 1.29 is 6.11 Å². The number of aromatic nitrogens is 5. The molecule has 2 heterocycles. The van der Waals surface area contributed by atoms with E-state index in [-0.39, 0.29) is 5.69 Å². The second-order valence-corrected chi connectivity index (χ2v) is 5.47. The van der Waals surface area contributed by atoms with Gasteiger partial charge in [-0.3, -0.25) is 0 Å². The van der Waals surface area contributed by atoms with E-state index in [0.717, 1.165) is 16.8 Å². The fraction of sp³-hybridized carbons (Fsp3) is 0.312. The van der Waals surface area contributed by atoms with Crippen LogP contribution in [0, 0.1) is 13.8 Å². The number of aryl methyl sites for hydroxylation is 3. The zero-order valence-electron chi connectivity index (χ0n) is 14.6. The summed E-state index contributed by atoms with van der Waals surface area (Å²) in [6, 6.07) is 5.67. The van der Waals surface area contributed by atoms with E-state index < -0.39 is 0 Å². The molecule has 120 valence electrons. The van der Waals surface area contributed by atoms with Gasteiger partial charge in [0.1, 0.15) is 12.4 Å². The summed E-state index contributed by atoms with van der Waals surface area (Å²) >= 11 is 0. The van der Waals surface area contributed by atoms with Gasteiger partial charge in [-0.2, -0.15) is 9.36 Å². The first-order chi connectivity index (χ1) is 11.4. The molecule has 0 radical (unpaired) electrons. The molecule has 7 heteroatoms. The van der Waals surface area contributed by atoms with Crippen LogP contribution in [0.25, 0.3) is 5.69 Å². The maximum absolute atomic E-state index is 12.1. The summed E-state index contributed by atoms with van der Waals surface area (Å²) in [6.07, 6.45) is 1.84. The third-order valence-electron chi connectivity index (χ3n) is 3.93. The van der Waals surface area contributed by atoms with E-state index in [1.165, 1.54) is 9.36 Å². The number of benzene rings is 1. The van der Waals surface area contributed by atoms with Gasteiger partial charge in [-0.15, -0.1) is 0 Å². The molecule has 3 rings (SSSR count). The van der Waals surface area contributed by atoms with E-state index in [4.69, 9.17) is 6.11 Å². The van der Waals surface area contributed by atoms with Crippen LogP contribution in [0.1, 0.15) is 18.2 Å². The highest BCUT2D eigenvalue weighted by Gasteiger charge is 2.17. The first kappa shape index (κ1) is 13.8. The third-order valence-corrected chi connectivity index (χ3v) is 3.93. The zero-order valence-corrected chi connectivity index (χ0v) is 13.6. The molecule has 0 aliphatic carbocycles. The summed E-state index contributed by atoms with van der Waals surface area (Å²) < 4.78 is 17.9. The largest absolute Gasteiger partial charge is 0.488 e. The van der Waals surface area contributed by atoms with Gasteiger partial charge >= 0.3 is 5.69 Å². The van der Waals surface area contributed by atoms with Crippen molar-refractivity contribution in [3.63, 3.8) is 0 Å². The first-order valence-corrected chi connectivity index (χ1v) is 7.22. The second-order valence-electron chi connectivity index (χ2n) is 5.47. The first-order valence-electron chi connectivity index (χ1n) is 7.72. The van der Waals surface area contributed by atoms with Crippen molar-refractivity contribution in [3.8, 4) is 11.4 Å². The molecule has 0 fully saturated rings. The van der Waals surface area contributed by atoms with Crippen LogP contribution in [-0.2, 0) is 20.7 Å². The van der Waals surface area contributed by atoms with Gasteiger partial charge in [-0.25, -0.2) is 4.79 Å². The summed E-state index contributed by atoms with van der Waals surface area (Å²) in [5.74, 6) is 0.715. The van der Waals surface area contributed by atoms with Crippen molar-refractivity contribution in [2.24, 2.45) is 14.1 Å². The summed E-state index contributed by atoms with van der Waals surface area (Å²) in [5.41, 5.74) is 3.10. The fourth-order valence-corrected chi connectivity index (χ4v) is 2.39. The Hall–Kier alpha value is -2.83. The molecule has 0 aliphatic heterocycles. The molecule has 0 amide bonds. The lowest BCUT2D eigenvalue weighted by Gasteiger charge is -2.10. The number of rotatable bonds is 4. The number of ether oxygens (including phenoxy) is 1. The average Bonchev–Trinajstić information content (AvgIpc) is 3.00. The molecule has 0 N–H and O–H groups in total. The Balaban J connectivity index is 1.96. The van der Waals surface area contributed by atoms with Gasteiger partial charge in [-0.05, 0) is 35.9 Å². The Kier molecular flexibility index (Phi) is 3.45. The molecule has 2 aromatic heterocycles. The van der Waals surface area contributed by atoms with E-state index in [1.54, 1.807) is 25.2 Å². The van der Waals surface area contributed by atoms with Crippen LogP contribution in [-0.4, -0.2) is 24.4 Å². The Morgan fingerprint density at radius 1 is 1.26 bits per heavy atom. The highest BCUT2D eigenvalue weighted by molar-refractivity contribution is 5.43. The van der Waals surface area contributed by atoms with Gasteiger partial charge in [-0.1, -0.05) is 18.2 Å². The van der Waals surface area contributed by atoms with E-state index >= 15 is 0 Å². The highest BCUT2D eigenvalue weighted by Crippen LogP contribution is 2.23. The molecule has 0 saturated carbocycles. The van der Waals surface area contributed by atoms with Crippen molar-refractivity contribution in [1.82, 2.24) is 24.4 Å². The van der Waals surface area contributed by atoms with Crippen molar-refractivity contribution in [2.45, 2.75) is 20.5 Å². The van der Waals surface area contributed by atoms with Crippen LogP contribution >= 0.6 is 0 Å². The van der Waals surface area contributed by atoms with Crippen LogP contribution in [0.4, 0.5) is 0 Å². The van der Waals surface area contributed by atoms with Crippen LogP contribution in [0.5, 0.6) is 5.75 Å². The lowest BCUT2D eigenvalue weighted by Crippen LogP contribution is -2.22. The zero-order chi connectivity index (χ0) is 17.4. The number of hydrogen-bond acceptors (Lipinski definition) is 4. The monoisotopic (exact) mass is 315 g/mol. The number of para-hydroxylation sites is 1. The van der Waals surface area contributed by atoms with Crippen LogP contribution in [0.2, 0.25) is 0 Å². The lowest BCUT2D eigenvalue weighted by atomic mass is 10.2. The normalized spacial score (nSPS) is 11.6. The van der Waals surface area contributed by atoms with Gasteiger partial charge in [0.15, 0.2) is 0 Å². The fourth-order valence-electron chi connectivity index (χ4n) is 2.39. The van der Waals surface area contributed by atoms with Gasteiger partial charge in [0.2, 0.25) is 0 Å². The minimum Gasteiger partial charge on any atom is -0.488 e.